The van der Waals surface area contributed by atoms with Crippen molar-refractivity contribution in [3.05, 3.63) is 56.9 Å². The van der Waals surface area contributed by atoms with Gasteiger partial charge in [-0.25, -0.2) is 4.68 Å². The van der Waals surface area contributed by atoms with E-state index >= 15 is 0 Å². The van der Waals surface area contributed by atoms with Gasteiger partial charge in [0.25, 0.3) is 5.56 Å². The molecule has 0 bridgehead atoms. The van der Waals surface area contributed by atoms with Crippen molar-refractivity contribution in [2.45, 2.75) is 19.5 Å². The summed E-state index contributed by atoms with van der Waals surface area (Å²) in [6, 6.07) is 10.7. The first-order valence-electron chi connectivity index (χ1n) is 7.19. The molecule has 1 aromatic carbocycles. The molecule has 22 heavy (non-hydrogen) atoms. The lowest BCUT2D eigenvalue weighted by molar-refractivity contribution is 0.259. The van der Waals surface area contributed by atoms with Gasteiger partial charge in [0.1, 0.15) is 4.47 Å². The van der Waals surface area contributed by atoms with Crippen molar-refractivity contribution in [3.63, 3.8) is 0 Å². The topological polar surface area (TPSA) is 50.2 Å². The van der Waals surface area contributed by atoms with E-state index in [4.69, 9.17) is 0 Å². The number of halogens is 1. The SMILES string of the molecule is CC(CNc1cnn(C)c(=O)c1Br)N(C)Cc1ccccc1. The standard InChI is InChI=1S/C16H21BrN4O/c1-12(20(2)11-13-7-5-4-6-8-13)9-18-14-10-19-21(3)16(22)15(14)17/h4-8,10,12,18H,9,11H2,1-3H3. The van der Waals surface area contributed by atoms with Crippen LogP contribution in [0.4, 0.5) is 5.69 Å². The molecule has 1 atom stereocenters. The second-order valence-electron chi connectivity index (χ2n) is 5.43. The third kappa shape index (κ3) is 4.18. The first kappa shape index (κ1) is 16.7. The molecule has 0 saturated carbocycles. The zero-order valence-electron chi connectivity index (χ0n) is 13.1. The highest BCUT2D eigenvalue weighted by Gasteiger charge is 2.12. The van der Waals surface area contributed by atoms with E-state index in [-0.39, 0.29) is 5.56 Å². The molecule has 1 N–H and O–H groups in total. The van der Waals surface area contributed by atoms with Crippen LogP contribution >= 0.6 is 15.9 Å². The number of nitrogens with one attached hydrogen (secondary N) is 1. The molecular weight excluding hydrogens is 344 g/mol. The summed E-state index contributed by atoms with van der Waals surface area (Å²) >= 11 is 3.32. The Labute approximate surface area is 139 Å². The van der Waals surface area contributed by atoms with E-state index < -0.39 is 0 Å². The van der Waals surface area contributed by atoms with Crippen LogP contribution in [0, 0.1) is 0 Å². The molecule has 0 spiro atoms. The maximum Gasteiger partial charge on any atom is 0.282 e. The van der Waals surface area contributed by atoms with Gasteiger partial charge in [0.05, 0.1) is 11.9 Å². The van der Waals surface area contributed by atoms with Crippen LogP contribution < -0.4 is 10.9 Å². The maximum absolute atomic E-state index is 11.8. The zero-order valence-corrected chi connectivity index (χ0v) is 14.7. The van der Waals surface area contributed by atoms with Crippen LogP contribution in [-0.4, -0.2) is 34.3 Å². The van der Waals surface area contributed by atoms with Crippen LogP contribution in [0.2, 0.25) is 0 Å². The maximum atomic E-state index is 11.8. The quantitative estimate of drug-likeness (QED) is 0.855. The molecule has 0 aliphatic heterocycles. The minimum absolute atomic E-state index is 0.143. The number of likely N-dealkylation sites (N-methyl/N-ethyl adjacent to an activating group) is 1. The summed E-state index contributed by atoms with van der Waals surface area (Å²) in [5.41, 5.74) is 1.87. The largest absolute Gasteiger partial charge is 0.381 e. The number of rotatable bonds is 6. The third-order valence-electron chi connectivity index (χ3n) is 3.69. The van der Waals surface area contributed by atoms with Crippen molar-refractivity contribution in [1.29, 1.82) is 0 Å². The summed E-state index contributed by atoms with van der Waals surface area (Å²) in [4.78, 5) is 14.1. The van der Waals surface area contributed by atoms with Crippen molar-refractivity contribution in [3.8, 4) is 0 Å². The number of benzene rings is 1. The second kappa shape index (κ2) is 7.56. The number of hydrogen-bond donors (Lipinski definition) is 1. The number of nitrogens with zero attached hydrogens (tertiary/aromatic N) is 3. The second-order valence-corrected chi connectivity index (χ2v) is 6.22. The lowest BCUT2D eigenvalue weighted by atomic mass is 10.2. The van der Waals surface area contributed by atoms with Gasteiger partial charge in [-0.15, -0.1) is 0 Å². The molecule has 0 fully saturated rings. The molecule has 1 unspecified atom stereocenters. The van der Waals surface area contributed by atoms with E-state index in [1.54, 1.807) is 13.2 Å². The number of hydrogen-bond acceptors (Lipinski definition) is 4. The Morgan fingerprint density at radius 1 is 1.36 bits per heavy atom. The molecule has 0 radical (unpaired) electrons. The predicted molar refractivity (Wildman–Crippen MR) is 93.0 cm³/mol. The van der Waals surface area contributed by atoms with Gasteiger partial charge < -0.3 is 5.32 Å². The monoisotopic (exact) mass is 364 g/mol. The molecular formula is C16H21BrN4O. The van der Waals surface area contributed by atoms with Crippen molar-refractivity contribution in [2.75, 3.05) is 18.9 Å². The molecule has 0 saturated heterocycles. The minimum Gasteiger partial charge on any atom is -0.381 e. The first-order valence-corrected chi connectivity index (χ1v) is 7.98. The van der Waals surface area contributed by atoms with Crippen molar-refractivity contribution < 1.29 is 0 Å². The highest BCUT2D eigenvalue weighted by Crippen LogP contribution is 2.16. The molecule has 0 aliphatic carbocycles. The Balaban J connectivity index is 1.94. The molecule has 2 rings (SSSR count). The van der Waals surface area contributed by atoms with Gasteiger partial charge in [-0.3, -0.25) is 9.69 Å². The molecule has 0 amide bonds. The van der Waals surface area contributed by atoms with Crippen LogP contribution in [0.5, 0.6) is 0 Å². The normalized spacial score (nSPS) is 12.4. The first-order chi connectivity index (χ1) is 10.5. The van der Waals surface area contributed by atoms with E-state index in [0.717, 1.165) is 18.8 Å². The Morgan fingerprint density at radius 3 is 2.73 bits per heavy atom. The van der Waals surface area contributed by atoms with Gasteiger partial charge in [-0.1, -0.05) is 30.3 Å². The van der Waals surface area contributed by atoms with E-state index in [2.05, 4.69) is 69.5 Å². The minimum atomic E-state index is -0.143. The number of anilines is 1. The van der Waals surface area contributed by atoms with E-state index in [9.17, 15) is 4.79 Å². The van der Waals surface area contributed by atoms with Crippen LogP contribution in [0.3, 0.4) is 0 Å². The number of aromatic nitrogens is 2. The highest BCUT2D eigenvalue weighted by molar-refractivity contribution is 9.10. The van der Waals surface area contributed by atoms with Crippen LogP contribution in [0.15, 0.2) is 45.8 Å². The van der Waals surface area contributed by atoms with Gasteiger partial charge >= 0.3 is 0 Å². The summed E-state index contributed by atoms with van der Waals surface area (Å²) < 4.78 is 1.82. The molecule has 5 nitrogen and oxygen atoms in total. The molecule has 2 aromatic rings. The molecule has 6 heteroatoms. The lowest BCUT2D eigenvalue weighted by Crippen LogP contribution is -2.34. The molecule has 1 aromatic heterocycles. The van der Waals surface area contributed by atoms with Crippen molar-refractivity contribution >= 4 is 21.6 Å². The third-order valence-corrected chi connectivity index (χ3v) is 4.46. The van der Waals surface area contributed by atoms with Crippen LogP contribution in [-0.2, 0) is 13.6 Å². The Kier molecular flexibility index (Phi) is 5.74. The van der Waals surface area contributed by atoms with E-state index in [0.29, 0.717) is 10.5 Å². The number of aryl methyl sites for hydroxylation is 1. The summed E-state index contributed by atoms with van der Waals surface area (Å²) in [6.45, 7) is 3.77. The van der Waals surface area contributed by atoms with E-state index in [1.165, 1.54) is 10.2 Å². The lowest BCUT2D eigenvalue weighted by Gasteiger charge is -2.25. The zero-order chi connectivity index (χ0) is 16.1. The van der Waals surface area contributed by atoms with Gasteiger partial charge in [0.15, 0.2) is 0 Å². The molecule has 1 heterocycles. The molecule has 118 valence electrons. The Bertz CT molecular complexity index is 672. The highest BCUT2D eigenvalue weighted by atomic mass is 79.9. The van der Waals surface area contributed by atoms with E-state index in [1.807, 2.05) is 6.07 Å². The fraction of sp³-hybridized carbons (Fsp3) is 0.375. The average molecular weight is 365 g/mol. The van der Waals surface area contributed by atoms with Gasteiger partial charge in [-0.2, -0.15) is 5.10 Å². The van der Waals surface area contributed by atoms with Crippen LogP contribution in [0.25, 0.3) is 0 Å². The van der Waals surface area contributed by atoms with Gasteiger partial charge in [0.2, 0.25) is 0 Å². The van der Waals surface area contributed by atoms with Gasteiger partial charge in [-0.05, 0) is 35.5 Å². The summed E-state index contributed by atoms with van der Waals surface area (Å²) in [7, 11) is 3.73. The van der Waals surface area contributed by atoms with Crippen molar-refractivity contribution in [1.82, 2.24) is 14.7 Å². The summed E-state index contributed by atoms with van der Waals surface area (Å²) in [5, 5.41) is 7.31. The fourth-order valence-corrected chi connectivity index (χ4v) is 2.57. The molecule has 0 aliphatic rings. The van der Waals surface area contributed by atoms with Crippen molar-refractivity contribution in [2.24, 2.45) is 7.05 Å². The van der Waals surface area contributed by atoms with Crippen LogP contribution in [0.1, 0.15) is 12.5 Å². The van der Waals surface area contributed by atoms with Gasteiger partial charge in [0, 0.05) is 26.2 Å². The predicted octanol–water partition coefficient (Wildman–Crippen LogP) is 2.48. The summed E-state index contributed by atoms with van der Waals surface area (Å²) in [5.74, 6) is 0. The average Bonchev–Trinajstić information content (AvgIpc) is 2.52. The smallest absolute Gasteiger partial charge is 0.282 e. The summed E-state index contributed by atoms with van der Waals surface area (Å²) in [6.07, 6.45) is 1.66. The Morgan fingerprint density at radius 2 is 2.05 bits per heavy atom. The Hall–Kier alpha value is -1.66. The fourth-order valence-electron chi connectivity index (χ4n) is 2.07.